The predicted octanol–water partition coefficient (Wildman–Crippen LogP) is 3.83. The Bertz CT molecular complexity index is 922. The number of carbonyl (C=O) groups excluding carboxylic acids is 1. The summed E-state index contributed by atoms with van der Waals surface area (Å²) in [7, 11) is 0. The monoisotopic (exact) mass is 380 g/mol. The second kappa shape index (κ2) is 7.50. The van der Waals surface area contributed by atoms with E-state index in [-0.39, 0.29) is 11.6 Å². The number of hydrogen-bond acceptors (Lipinski definition) is 5. The lowest BCUT2D eigenvalue weighted by molar-refractivity contribution is -0.384. The molecular weight excluding hydrogens is 356 g/mol. The smallest absolute Gasteiger partial charge is 0.293 e. The van der Waals surface area contributed by atoms with Gasteiger partial charge in [0.2, 0.25) is 0 Å². The van der Waals surface area contributed by atoms with E-state index in [9.17, 15) is 14.9 Å². The van der Waals surface area contributed by atoms with Crippen molar-refractivity contribution >= 4 is 28.7 Å². The van der Waals surface area contributed by atoms with Crippen molar-refractivity contribution in [3.05, 3.63) is 57.6 Å². The van der Waals surface area contributed by atoms with Gasteiger partial charge in [0.05, 0.1) is 4.92 Å². The minimum atomic E-state index is -0.404. The van der Waals surface area contributed by atoms with Crippen LogP contribution in [0.25, 0.3) is 0 Å². The van der Waals surface area contributed by atoms with Gasteiger partial charge in [-0.3, -0.25) is 14.9 Å². The zero-order valence-electron chi connectivity index (χ0n) is 16.0. The maximum absolute atomic E-state index is 12.7. The van der Waals surface area contributed by atoms with E-state index in [1.165, 1.54) is 11.6 Å². The van der Waals surface area contributed by atoms with Gasteiger partial charge in [0.25, 0.3) is 11.6 Å². The van der Waals surface area contributed by atoms with Crippen molar-refractivity contribution in [2.24, 2.45) is 0 Å². The number of nitrogens with one attached hydrogen (secondary N) is 1. The van der Waals surface area contributed by atoms with Crippen LogP contribution in [-0.2, 0) is 6.42 Å². The normalized spacial score (nSPS) is 15.6. The first kappa shape index (κ1) is 18.3. The van der Waals surface area contributed by atoms with E-state index < -0.39 is 4.92 Å². The zero-order valence-corrected chi connectivity index (χ0v) is 16.0. The number of nitrogens with zero attached hydrogens (tertiary/aromatic N) is 3. The van der Waals surface area contributed by atoms with Gasteiger partial charge < -0.3 is 15.1 Å². The van der Waals surface area contributed by atoms with E-state index in [0.29, 0.717) is 16.9 Å². The molecule has 7 heteroatoms. The van der Waals surface area contributed by atoms with Crippen molar-refractivity contribution in [2.75, 3.05) is 41.3 Å². The van der Waals surface area contributed by atoms with E-state index >= 15 is 0 Å². The van der Waals surface area contributed by atoms with Crippen molar-refractivity contribution in [1.29, 1.82) is 0 Å². The maximum Gasteiger partial charge on any atom is 0.293 e. The number of rotatable bonds is 5. The first-order chi connectivity index (χ1) is 13.6. The third kappa shape index (κ3) is 3.40. The summed E-state index contributed by atoms with van der Waals surface area (Å²) in [5, 5.41) is 14.4. The highest BCUT2D eigenvalue weighted by molar-refractivity contribution is 6.05. The first-order valence-electron chi connectivity index (χ1n) is 9.79. The Morgan fingerprint density at radius 2 is 1.89 bits per heavy atom. The number of nitro benzene ring substituents is 1. The standard InChI is InChI=1S/C21H24N4O3/c1-2-23-12-9-15-5-7-17(14-19(15)23)22-21(26)16-6-8-18(20(13-16)25(27)28)24-10-3-4-11-24/h5-8,13-14H,2-4,9-12H2,1H3,(H,22,26). The van der Waals surface area contributed by atoms with Crippen LogP contribution in [0.15, 0.2) is 36.4 Å². The molecule has 1 saturated heterocycles. The lowest BCUT2D eigenvalue weighted by Crippen LogP contribution is -2.20. The van der Waals surface area contributed by atoms with E-state index in [0.717, 1.165) is 51.1 Å². The molecule has 0 bridgehead atoms. The fraction of sp³-hybridized carbons (Fsp3) is 0.381. The van der Waals surface area contributed by atoms with Crippen LogP contribution in [0.4, 0.5) is 22.7 Å². The molecule has 28 heavy (non-hydrogen) atoms. The van der Waals surface area contributed by atoms with Gasteiger partial charge in [0, 0.05) is 49.2 Å². The SMILES string of the molecule is CCN1CCc2ccc(NC(=O)c3ccc(N4CCCC4)c([N+](=O)[O-])c3)cc21. The Balaban J connectivity index is 1.57. The van der Waals surface area contributed by atoms with Gasteiger partial charge in [-0.1, -0.05) is 6.07 Å². The largest absolute Gasteiger partial charge is 0.371 e. The molecule has 0 radical (unpaired) electrons. The minimum Gasteiger partial charge on any atom is -0.371 e. The molecule has 2 aromatic rings. The summed E-state index contributed by atoms with van der Waals surface area (Å²) in [5.41, 5.74) is 4.01. The van der Waals surface area contributed by atoms with Crippen LogP contribution in [0.3, 0.4) is 0 Å². The van der Waals surface area contributed by atoms with Crippen molar-refractivity contribution in [2.45, 2.75) is 26.2 Å². The van der Waals surface area contributed by atoms with Crippen LogP contribution >= 0.6 is 0 Å². The Labute approximate surface area is 164 Å². The molecule has 0 aromatic heterocycles. The summed E-state index contributed by atoms with van der Waals surface area (Å²) in [5.74, 6) is -0.336. The van der Waals surface area contributed by atoms with Crippen LogP contribution in [0.5, 0.6) is 0 Å². The summed E-state index contributed by atoms with van der Waals surface area (Å²) in [4.78, 5) is 28.2. The number of likely N-dealkylation sites (N-methyl/N-ethyl adjacent to an activating group) is 1. The van der Waals surface area contributed by atoms with Gasteiger partial charge in [-0.25, -0.2) is 0 Å². The van der Waals surface area contributed by atoms with E-state index in [1.54, 1.807) is 12.1 Å². The highest BCUT2D eigenvalue weighted by atomic mass is 16.6. The number of benzene rings is 2. The molecule has 2 aromatic carbocycles. The van der Waals surface area contributed by atoms with Crippen LogP contribution < -0.4 is 15.1 Å². The molecule has 0 unspecified atom stereocenters. The summed E-state index contributed by atoms with van der Waals surface area (Å²) >= 11 is 0. The van der Waals surface area contributed by atoms with Crippen molar-refractivity contribution in [1.82, 2.24) is 0 Å². The Morgan fingerprint density at radius 1 is 1.11 bits per heavy atom. The molecule has 0 spiro atoms. The van der Waals surface area contributed by atoms with Crippen LogP contribution in [0.2, 0.25) is 0 Å². The van der Waals surface area contributed by atoms with Gasteiger partial charge in [-0.05, 0) is 56.0 Å². The molecule has 2 aliphatic heterocycles. The lowest BCUT2D eigenvalue weighted by Gasteiger charge is -2.18. The van der Waals surface area contributed by atoms with Gasteiger partial charge in [0.1, 0.15) is 5.69 Å². The molecule has 146 valence electrons. The third-order valence-electron chi connectivity index (χ3n) is 5.60. The fourth-order valence-electron chi connectivity index (χ4n) is 4.09. The van der Waals surface area contributed by atoms with Crippen molar-refractivity contribution in [3.63, 3.8) is 0 Å². The highest BCUT2D eigenvalue weighted by Crippen LogP contribution is 2.33. The van der Waals surface area contributed by atoms with Gasteiger partial charge >= 0.3 is 0 Å². The maximum atomic E-state index is 12.7. The van der Waals surface area contributed by atoms with Crippen LogP contribution in [0, 0.1) is 10.1 Å². The number of amides is 1. The number of anilines is 3. The number of carbonyl (C=O) groups is 1. The number of fused-ring (bicyclic) bond motifs is 1. The summed E-state index contributed by atoms with van der Waals surface area (Å²) in [6.45, 7) is 5.66. The van der Waals surface area contributed by atoms with Crippen LogP contribution in [0.1, 0.15) is 35.7 Å². The first-order valence-corrected chi connectivity index (χ1v) is 9.79. The van der Waals surface area contributed by atoms with E-state index in [2.05, 4.69) is 17.1 Å². The number of hydrogen-bond donors (Lipinski definition) is 1. The molecule has 1 amide bonds. The molecule has 0 saturated carbocycles. The lowest BCUT2D eigenvalue weighted by atomic mass is 10.1. The molecule has 0 aliphatic carbocycles. The third-order valence-corrected chi connectivity index (χ3v) is 5.60. The quantitative estimate of drug-likeness (QED) is 0.630. The fourth-order valence-corrected chi connectivity index (χ4v) is 4.09. The van der Waals surface area contributed by atoms with E-state index in [1.807, 2.05) is 23.1 Å². The van der Waals surface area contributed by atoms with E-state index in [4.69, 9.17) is 0 Å². The average molecular weight is 380 g/mol. The Hall–Kier alpha value is -3.09. The van der Waals surface area contributed by atoms with Gasteiger partial charge in [-0.2, -0.15) is 0 Å². The predicted molar refractivity (Wildman–Crippen MR) is 111 cm³/mol. The summed E-state index contributed by atoms with van der Waals surface area (Å²) < 4.78 is 0. The van der Waals surface area contributed by atoms with Gasteiger partial charge in [-0.15, -0.1) is 0 Å². The van der Waals surface area contributed by atoms with Crippen molar-refractivity contribution in [3.8, 4) is 0 Å². The summed E-state index contributed by atoms with van der Waals surface area (Å²) in [6.07, 6.45) is 3.08. The highest BCUT2D eigenvalue weighted by Gasteiger charge is 2.24. The second-order valence-corrected chi connectivity index (χ2v) is 7.28. The molecule has 7 nitrogen and oxygen atoms in total. The molecule has 0 atom stereocenters. The average Bonchev–Trinajstić information content (AvgIpc) is 3.37. The molecule has 1 N–H and O–H groups in total. The zero-order chi connectivity index (χ0) is 19.7. The Morgan fingerprint density at radius 3 is 2.61 bits per heavy atom. The van der Waals surface area contributed by atoms with Gasteiger partial charge in [0.15, 0.2) is 0 Å². The van der Waals surface area contributed by atoms with Crippen LogP contribution in [-0.4, -0.2) is 37.0 Å². The van der Waals surface area contributed by atoms with Crippen molar-refractivity contribution < 1.29 is 9.72 Å². The number of nitro groups is 1. The second-order valence-electron chi connectivity index (χ2n) is 7.28. The minimum absolute atomic E-state index is 0.0133. The topological polar surface area (TPSA) is 78.7 Å². The molecule has 2 aliphatic rings. The molecule has 1 fully saturated rings. The molecule has 2 heterocycles. The molecule has 4 rings (SSSR count). The molecular formula is C21H24N4O3. The summed E-state index contributed by atoms with van der Waals surface area (Å²) in [6, 6.07) is 10.7. The Kier molecular flexibility index (Phi) is 4.90.